The van der Waals surface area contributed by atoms with Crippen LogP contribution in [0.25, 0.3) is 22.3 Å². The number of hydrogen-bond donors (Lipinski definition) is 3. The SMILES string of the molecule is Cc1c(C(N)=O)cc(-c2ccc(O)cc2)c(-c2ccc(O)cc2)c1C. The lowest BCUT2D eigenvalue weighted by atomic mass is 9.86. The first-order valence-electron chi connectivity index (χ1n) is 7.91. The third-order valence-corrected chi connectivity index (χ3v) is 4.50. The van der Waals surface area contributed by atoms with Crippen molar-refractivity contribution in [3.63, 3.8) is 0 Å². The number of aromatic hydroxyl groups is 2. The first kappa shape index (κ1) is 16.6. The van der Waals surface area contributed by atoms with Crippen molar-refractivity contribution in [2.45, 2.75) is 13.8 Å². The Morgan fingerprint density at radius 2 is 1.28 bits per heavy atom. The van der Waals surface area contributed by atoms with Gasteiger partial charge in [-0.2, -0.15) is 0 Å². The number of hydrogen-bond acceptors (Lipinski definition) is 3. The molecule has 0 aromatic heterocycles. The number of benzene rings is 3. The van der Waals surface area contributed by atoms with E-state index < -0.39 is 5.91 Å². The number of rotatable bonds is 3. The fourth-order valence-electron chi connectivity index (χ4n) is 3.04. The van der Waals surface area contributed by atoms with Gasteiger partial charge in [-0.3, -0.25) is 4.79 Å². The predicted octanol–water partition coefficient (Wildman–Crippen LogP) is 4.15. The van der Waals surface area contributed by atoms with Crippen molar-refractivity contribution >= 4 is 5.91 Å². The molecule has 4 nitrogen and oxygen atoms in total. The van der Waals surface area contributed by atoms with E-state index in [1.54, 1.807) is 42.5 Å². The van der Waals surface area contributed by atoms with Crippen LogP contribution in [0.15, 0.2) is 54.6 Å². The molecule has 0 spiro atoms. The van der Waals surface area contributed by atoms with E-state index >= 15 is 0 Å². The summed E-state index contributed by atoms with van der Waals surface area (Å²) in [6.07, 6.45) is 0. The molecule has 1 amide bonds. The molecule has 126 valence electrons. The Morgan fingerprint density at radius 3 is 1.76 bits per heavy atom. The van der Waals surface area contributed by atoms with Crippen molar-refractivity contribution in [1.82, 2.24) is 0 Å². The molecule has 0 fully saturated rings. The summed E-state index contributed by atoms with van der Waals surface area (Å²) in [5, 5.41) is 19.1. The molecular weight excluding hydrogens is 314 g/mol. The molecule has 4 heteroatoms. The number of nitrogens with two attached hydrogens (primary N) is 1. The van der Waals surface area contributed by atoms with Crippen LogP contribution in [0.2, 0.25) is 0 Å². The highest BCUT2D eigenvalue weighted by atomic mass is 16.3. The van der Waals surface area contributed by atoms with Gasteiger partial charge in [-0.05, 0) is 77.6 Å². The van der Waals surface area contributed by atoms with Gasteiger partial charge in [-0.25, -0.2) is 0 Å². The van der Waals surface area contributed by atoms with E-state index in [-0.39, 0.29) is 11.5 Å². The van der Waals surface area contributed by atoms with Crippen LogP contribution >= 0.6 is 0 Å². The number of phenols is 2. The van der Waals surface area contributed by atoms with Crippen LogP contribution in [-0.4, -0.2) is 16.1 Å². The average molecular weight is 333 g/mol. The van der Waals surface area contributed by atoms with Gasteiger partial charge in [0.1, 0.15) is 11.5 Å². The molecule has 0 radical (unpaired) electrons. The normalized spacial score (nSPS) is 10.6. The summed E-state index contributed by atoms with van der Waals surface area (Å²) in [7, 11) is 0. The van der Waals surface area contributed by atoms with Gasteiger partial charge in [-0.1, -0.05) is 24.3 Å². The zero-order chi connectivity index (χ0) is 18.1. The first-order valence-corrected chi connectivity index (χ1v) is 7.91. The summed E-state index contributed by atoms with van der Waals surface area (Å²) < 4.78 is 0. The molecular formula is C21H19NO3. The Balaban J connectivity index is 2.35. The topological polar surface area (TPSA) is 83.6 Å². The Kier molecular flexibility index (Phi) is 4.19. The molecule has 0 aliphatic heterocycles. The van der Waals surface area contributed by atoms with E-state index in [9.17, 15) is 15.0 Å². The number of amides is 1. The zero-order valence-electron chi connectivity index (χ0n) is 14.1. The quantitative estimate of drug-likeness (QED) is 0.673. The molecule has 0 saturated heterocycles. The highest BCUT2D eigenvalue weighted by Gasteiger charge is 2.18. The number of carbonyl (C=O) groups is 1. The standard InChI is InChI=1S/C21H19NO3/c1-12-13(2)20(15-5-9-17(24)10-6-15)19(11-18(12)21(22)25)14-3-7-16(23)8-4-14/h3-11,23-24H,1-2H3,(H2,22,25). The average Bonchev–Trinajstić information content (AvgIpc) is 2.58. The number of phenolic OH excluding ortho intramolecular Hbond substituents is 2. The van der Waals surface area contributed by atoms with Crippen LogP contribution in [0.1, 0.15) is 21.5 Å². The lowest BCUT2D eigenvalue weighted by Gasteiger charge is -2.18. The third-order valence-electron chi connectivity index (χ3n) is 4.50. The van der Waals surface area contributed by atoms with Crippen LogP contribution < -0.4 is 5.73 Å². The third kappa shape index (κ3) is 3.06. The summed E-state index contributed by atoms with van der Waals surface area (Å²) in [5.41, 5.74) is 11.4. The maximum absolute atomic E-state index is 11.9. The van der Waals surface area contributed by atoms with Gasteiger partial charge in [-0.15, -0.1) is 0 Å². The maximum atomic E-state index is 11.9. The molecule has 0 atom stereocenters. The Labute approximate surface area is 146 Å². The van der Waals surface area contributed by atoms with Gasteiger partial charge in [0.05, 0.1) is 0 Å². The fraction of sp³-hybridized carbons (Fsp3) is 0.0952. The first-order chi connectivity index (χ1) is 11.9. The van der Waals surface area contributed by atoms with Crippen LogP contribution in [-0.2, 0) is 0 Å². The van der Waals surface area contributed by atoms with E-state index in [4.69, 9.17) is 5.73 Å². The van der Waals surface area contributed by atoms with Crippen molar-refractivity contribution in [3.8, 4) is 33.8 Å². The second-order valence-corrected chi connectivity index (χ2v) is 6.05. The second kappa shape index (κ2) is 6.32. The number of primary amides is 1. The molecule has 0 heterocycles. The minimum absolute atomic E-state index is 0.175. The fourth-order valence-corrected chi connectivity index (χ4v) is 3.04. The summed E-state index contributed by atoms with van der Waals surface area (Å²) in [5.74, 6) is -0.107. The van der Waals surface area contributed by atoms with E-state index in [1.165, 1.54) is 0 Å². The van der Waals surface area contributed by atoms with E-state index in [0.29, 0.717) is 5.56 Å². The van der Waals surface area contributed by atoms with Gasteiger partial charge in [0.2, 0.25) is 5.91 Å². The maximum Gasteiger partial charge on any atom is 0.248 e. The molecule has 0 aliphatic carbocycles. The molecule has 3 aromatic carbocycles. The van der Waals surface area contributed by atoms with Crippen LogP contribution in [0.3, 0.4) is 0 Å². The Hall–Kier alpha value is -3.27. The second-order valence-electron chi connectivity index (χ2n) is 6.05. The monoisotopic (exact) mass is 333 g/mol. The van der Waals surface area contributed by atoms with Gasteiger partial charge in [0.15, 0.2) is 0 Å². The zero-order valence-corrected chi connectivity index (χ0v) is 14.1. The van der Waals surface area contributed by atoms with E-state index in [1.807, 2.05) is 26.0 Å². The molecule has 0 aliphatic rings. The summed E-state index contributed by atoms with van der Waals surface area (Å²) in [6.45, 7) is 3.83. The molecule has 4 N–H and O–H groups in total. The summed E-state index contributed by atoms with van der Waals surface area (Å²) >= 11 is 0. The minimum Gasteiger partial charge on any atom is -0.508 e. The van der Waals surface area contributed by atoms with Gasteiger partial charge >= 0.3 is 0 Å². The smallest absolute Gasteiger partial charge is 0.248 e. The van der Waals surface area contributed by atoms with Crippen LogP contribution in [0.5, 0.6) is 11.5 Å². The summed E-state index contributed by atoms with van der Waals surface area (Å²) in [4.78, 5) is 11.9. The summed E-state index contributed by atoms with van der Waals surface area (Å²) in [6, 6.07) is 15.5. The van der Waals surface area contributed by atoms with Gasteiger partial charge in [0.25, 0.3) is 0 Å². The Bertz CT molecular complexity index is 942. The van der Waals surface area contributed by atoms with Crippen molar-refractivity contribution in [2.24, 2.45) is 5.73 Å². The van der Waals surface area contributed by atoms with E-state index in [2.05, 4.69) is 0 Å². The van der Waals surface area contributed by atoms with Crippen molar-refractivity contribution in [2.75, 3.05) is 0 Å². The van der Waals surface area contributed by atoms with Gasteiger partial charge in [0, 0.05) is 5.56 Å². The lowest BCUT2D eigenvalue weighted by molar-refractivity contribution is 0.0999. The molecule has 0 unspecified atom stereocenters. The van der Waals surface area contributed by atoms with E-state index in [0.717, 1.165) is 33.4 Å². The van der Waals surface area contributed by atoms with Crippen molar-refractivity contribution in [3.05, 3.63) is 71.3 Å². The molecule has 3 aromatic rings. The molecule has 25 heavy (non-hydrogen) atoms. The molecule has 0 saturated carbocycles. The highest BCUT2D eigenvalue weighted by Crippen LogP contribution is 2.38. The number of carbonyl (C=O) groups excluding carboxylic acids is 1. The van der Waals surface area contributed by atoms with Crippen molar-refractivity contribution in [1.29, 1.82) is 0 Å². The highest BCUT2D eigenvalue weighted by molar-refractivity contribution is 5.99. The molecule has 3 rings (SSSR count). The van der Waals surface area contributed by atoms with Crippen LogP contribution in [0, 0.1) is 13.8 Å². The molecule has 0 bridgehead atoms. The largest absolute Gasteiger partial charge is 0.508 e. The lowest BCUT2D eigenvalue weighted by Crippen LogP contribution is -2.14. The van der Waals surface area contributed by atoms with Crippen molar-refractivity contribution < 1.29 is 15.0 Å². The predicted molar refractivity (Wildman–Crippen MR) is 98.6 cm³/mol. The Morgan fingerprint density at radius 1 is 0.800 bits per heavy atom. The van der Waals surface area contributed by atoms with Gasteiger partial charge < -0.3 is 15.9 Å². The van der Waals surface area contributed by atoms with Crippen LogP contribution in [0.4, 0.5) is 0 Å². The minimum atomic E-state index is -0.474.